The summed E-state index contributed by atoms with van der Waals surface area (Å²) in [5, 5.41) is 7.27. The van der Waals surface area contributed by atoms with E-state index in [0.29, 0.717) is 11.7 Å². The maximum absolute atomic E-state index is 12.8. The summed E-state index contributed by atoms with van der Waals surface area (Å²) in [6, 6.07) is 10.8. The second-order valence-electron chi connectivity index (χ2n) is 7.18. The fraction of sp³-hybridized carbons (Fsp3) is 0.524. The molecule has 0 bridgehead atoms. The third kappa shape index (κ3) is 4.15. The molecule has 1 fully saturated rings. The standard InChI is InChI=1S/C21H30N4O/c1-4-6-16(3)24-11-13-25(14-12-24)21(26)20-15-19(22-23-20)18-9-7-17(5-2)8-10-18/h7-10,15-16H,4-6,11-14H2,1-3H3,(H,22,23). The van der Waals surface area contributed by atoms with Gasteiger partial charge < -0.3 is 4.90 Å². The van der Waals surface area contributed by atoms with Gasteiger partial charge in [0, 0.05) is 37.8 Å². The zero-order valence-electron chi connectivity index (χ0n) is 16.2. The quantitative estimate of drug-likeness (QED) is 0.862. The highest BCUT2D eigenvalue weighted by atomic mass is 16.2. The number of hydrogen-bond acceptors (Lipinski definition) is 3. The van der Waals surface area contributed by atoms with Crippen LogP contribution in [0, 0.1) is 0 Å². The van der Waals surface area contributed by atoms with Crippen molar-refractivity contribution in [2.24, 2.45) is 0 Å². The molecule has 1 saturated heterocycles. The van der Waals surface area contributed by atoms with E-state index in [4.69, 9.17) is 0 Å². The van der Waals surface area contributed by atoms with Crippen LogP contribution in [0.15, 0.2) is 30.3 Å². The number of nitrogens with zero attached hydrogens (tertiary/aromatic N) is 3. The van der Waals surface area contributed by atoms with Gasteiger partial charge in [-0.25, -0.2) is 0 Å². The van der Waals surface area contributed by atoms with Crippen LogP contribution < -0.4 is 0 Å². The lowest BCUT2D eigenvalue weighted by Gasteiger charge is -2.37. The second kappa shape index (κ2) is 8.49. The Kier molecular flexibility index (Phi) is 6.09. The average Bonchev–Trinajstić information content (AvgIpc) is 3.18. The maximum Gasteiger partial charge on any atom is 0.271 e. The molecule has 5 heteroatoms. The molecule has 1 atom stereocenters. The van der Waals surface area contributed by atoms with Crippen LogP contribution in [-0.4, -0.2) is 58.1 Å². The highest BCUT2D eigenvalue weighted by Gasteiger charge is 2.25. The fourth-order valence-corrected chi connectivity index (χ4v) is 3.63. The first kappa shape index (κ1) is 18.6. The topological polar surface area (TPSA) is 52.2 Å². The molecule has 1 aliphatic rings. The summed E-state index contributed by atoms with van der Waals surface area (Å²) in [5.41, 5.74) is 3.74. The maximum atomic E-state index is 12.8. The Balaban J connectivity index is 1.61. The van der Waals surface area contributed by atoms with E-state index >= 15 is 0 Å². The van der Waals surface area contributed by atoms with Gasteiger partial charge in [-0.3, -0.25) is 14.8 Å². The molecule has 1 aromatic heterocycles. The van der Waals surface area contributed by atoms with Crippen molar-refractivity contribution >= 4 is 5.91 Å². The number of carbonyl (C=O) groups excluding carboxylic acids is 1. The van der Waals surface area contributed by atoms with Crippen molar-refractivity contribution in [1.82, 2.24) is 20.0 Å². The van der Waals surface area contributed by atoms with Crippen molar-refractivity contribution in [2.45, 2.75) is 46.1 Å². The molecule has 1 amide bonds. The fourth-order valence-electron chi connectivity index (χ4n) is 3.63. The molecular formula is C21H30N4O. The highest BCUT2D eigenvalue weighted by molar-refractivity contribution is 5.93. The van der Waals surface area contributed by atoms with Gasteiger partial charge in [-0.15, -0.1) is 0 Å². The molecule has 2 heterocycles. The van der Waals surface area contributed by atoms with Gasteiger partial charge in [0.25, 0.3) is 5.91 Å². The Hall–Kier alpha value is -2.14. The number of aromatic amines is 1. The van der Waals surface area contributed by atoms with E-state index in [-0.39, 0.29) is 5.91 Å². The Morgan fingerprint density at radius 1 is 1.15 bits per heavy atom. The Morgan fingerprint density at radius 2 is 1.85 bits per heavy atom. The first-order valence-corrected chi connectivity index (χ1v) is 9.80. The number of hydrogen-bond donors (Lipinski definition) is 1. The number of rotatable bonds is 6. The smallest absolute Gasteiger partial charge is 0.271 e. The Morgan fingerprint density at radius 3 is 2.46 bits per heavy atom. The van der Waals surface area contributed by atoms with Gasteiger partial charge in [0.2, 0.25) is 0 Å². The zero-order valence-corrected chi connectivity index (χ0v) is 16.2. The molecule has 5 nitrogen and oxygen atoms in total. The predicted molar refractivity (Wildman–Crippen MR) is 105 cm³/mol. The normalized spacial score (nSPS) is 16.7. The lowest BCUT2D eigenvalue weighted by molar-refractivity contribution is 0.0569. The summed E-state index contributed by atoms with van der Waals surface area (Å²) in [7, 11) is 0. The van der Waals surface area contributed by atoms with Gasteiger partial charge in [0.15, 0.2) is 0 Å². The first-order valence-electron chi connectivity index (χ1n) is 9.80. The van der Waals surface area contributed by atoms with Gasteiger partial charge in [-0.05, 0) is 31.4 Å². The summed E-state index contributed by atoms with van der Waals surface area (Å²) in [6.07, 6.45) is 3.44. The summed E-state index contributed by atoms with van der Waals surface area (Å²) >= 11 is 0. The molecule has 1 unspecified atom stereocenters. The van der Waals surface area contributed by atoms with E-state index in [0.717, 1.165) is 43.9 Å². The minimum absolute atomic E-state index is 0.0525. The number of benzene rings is 1. The monoisotopic (exact) mass is 354 g/mol. The molecule has 26 heavy (non-hydrogen) atoms. The SMILES string of the molecule is CCCC(C)N1CCN(C(=O)c2cc(-c3ccc(CC)cc3)n[nH]2)CC1. The molecule has 0 saturated carbocycles. The number of piperazine rings is 1. The van der Waals surface area contributed by atoms with Crippen LogP contribution in [0.5, 0.6) is 0 Å². The minimum atomic E-state index is 0.0525. The van der Waals surface area contributed by atoms with Crippen LogP contribution in [0.25, 0.3) is 11.3 Å². The second-order valence-corrected chi connectivity index (χ2v) is 7.18. The Labute approximate surface area is 156 Å². The van der Waals surface area contributed by atoms with E-state index in [1.807, 2.05) is 11.0 Å². The molecule has 1 N–H and O–H groups in total. The van der Waals surface area contributed by atoms with E-state index in [2.05, 4.69) is 60.1 Å². The van der Waals surface area contributed by atoms with Crippen LogP contribution in [0.3, 0.4) is 0 Å². The van der Waals surface area contributed by atoms with Crippen LogP contribution >= 0.6 is 0 Å². The lowest BCUT2D eigenvalue weighted by atomic mass is 10.1. The number of aromatic nitrogens is 2. The number of aryl methyl sites for hydroxylation is 1. The van der Waals surface area contributed by atoms with E-state index in [9.17, 15) is 4.79 Å². The molecule has 0 radical (unpaired) electrons. The molecule has 140 valence electrons. The van der Waals surface area contributed by atoms with Gasteiger partial charge in [0.05, 0.1) is 5.69 Å². The summed E-state index contributed by atoms with van der Waals surface area (Å²) in [5.74, 6) is 0.0525. The predicted octanol–water partition coefficient (Wildman–Crippen LogP) is 3.59. The highest BCUT2D eigenvalue weighted by Crippen LogP contribution is 2.20. The zero-order chi connectivity index (χ0) is 18.5. The average molecular weight is 354 g/mol. The number of nitrogens with one attached hydrogen (secondary N) is 1. The summed E-state index contributed by atoms with van der Waals surface area (Å²) in [6.45, 7) is 10.1. The van der Waals surface area contributed by atoms with Crippen LogP contribution in [0.1, 0.15) is 49.7 Å². The third-order valence-corrected chi connectivity index (χ3v) is 5.40. The van der Waals surface area contributed by atoms with Gasteiger partial charge in [0.1, 0.15) is 5.69 Å². The molecule has 0 aliphatic carbocycles. The van der Waals surface area contributed by atoms with Crippen LogP contribution in [0.4, 0.5) is 0 Å². The summed E-state index contributed by atoms with van der Waals surface area (Å²) in [4.78, 5) is 17.2. The largest absolute Gasteiger partial charge is 0.335 e. The first-order chi connectivity index (χ1) is 12.6. The molecule has 1 aliphatic heterocycles. The van der Waals surface area contributed by atoms with Crippen molar-refractivity contribution < 1.29 is 4.79 Å². The lowest BCUT2D eigenvalue weighted by Crippen LogP contribution is -2.51. The van der Waals surface area contributed by atoms with E-state index < -0.39 is 0 Å². The van der Waals surface area contributed by atoms with E-state index in [1.165, 1.54) is 18.4 Å². The van der Waals surface area contributed by atoms with Gasteiger partial charge in [-0.2, -0.15) is 5.10 Å². The van der Waals surface area contributed by atoms with Gasteiger partial charge >= 0.3 is 0 Å². The molecule has 1 aromatic carbocycles. The number of carbonyl (C=O) groups is 1. The van der Waals surface area contributed by atoms with Gasteiger partial charge in [-0.1, -0.05) is 44.5 Å². The Bertz CT molecular complexity index is 714. The van der Waals surface area contributed by atoms with E-state index in [1.54, 1.807) is 0 Å². The third-order valence-electron chi connectivity index (χ3n) is 5.40. The van der Waals surface area contributed by atoms with Crippen LogP contribution in [0.2, 0.25) is 0 Å². The van der Waals surface area contributed by atoms with Crippen LogP contribution in [-0.2, 0) is 6.42 Å². The summed E-state index contributed by atoms with van der Waals surface area (Å²) < 4.78 is 0. The van der Waals surface area contributed by atoms with Crippen molar-refractivity contribution in [1.29, 1.82) is 0 Å². The number of H-pyrrole nitrogens is 1. The molecule has 0 spiro atoms. The molecule has 2 aromatic rings. The van der Waals surface area contributed by atoms with Crippen molar-refractivity contribution in [2.75, 3.05) is 26.2 Å². The van der Waals surface area contributed by atoms with Crippen molar-refractivity contribution in [3.8, 4) is 11.3 Å². The van der Waals surface area contributed by atoms with Crippen molar-refractivity contribution in [3.63, 3.8) is 0 Å². The van der Waals surface area contributed by atoms with Crippen molar-refractivity contribution in [3.05, 3.63) is 41.6 Å². The minimum Gasteiger partial charge on any atom is -0.335 e. The molecule has 3 rings (SSSR count). The number of amides is 1. The molecular weight excluding hydrogens is 324 g/mol.